The van der Waals surface area contributed by atoms with E-state index in [0.29, 0.717) is 12.5 Å². The molecule has 0 N–H and O–H groups in total. The molecule has 1 aliphatic carbocycles. The van der Waals surface area contributed by atoms with E-state index in [1.54, 1.807) is 7.11 Å². The van der Waals surface area contributed by atoms with E-state index in [1.807, 2.05) is 24.3 Å². The quantitative estimate of drug-likeness (QED) is 0.706. The average Bonchev–Trinajstić information content (AvgIpc) is 3.45. The van der Waals surface area contributed by atoms with Crippen molar-refractivity contribution >= 4 is 0 Å². The number of nitrogens with zero attached hydrogens (tertiary/aromatic N) is 4. The third-order valence-corrected chi connectivity index (χ3v) is 5.45. The number of ether oxygens (including phenoxy) is 2. The van der Waals surface area contributed by atoms with Crippen molar-refractivity contribution in [2.45, 2.75) is 31.7 Å². The SMILES string of the molecule is COc1ccc(OCCN2CCN(C(C)c3nc(C4CC4)no3)CC2)cc1. The van der Waals surface area contributed by atoms with Crippen LogP contribution >= 0.6 is 0 Å². The lowest BCUT2D eigenvalue weighted by molar-refractivity contribution is 0.0800. The van der Waals surface area contributed by atoms with Crippen LogP contribution in [-0.4, -0.2) is 66.4 Å². The Morgan fingerprint density at radius 2 is 1.81 bits per heavy atom. The molecule has 1 unspecified atom stereocenters. The maximum absolute atomic E-state index is 5.84. The zero-order valence-electron chi connectivity index (χ0n) is 16.1. The van der Waals surface area contributed by atoms with Crippen molar-refractivity contribution in [2.75, 3.05) is 46.4 Å². The molecule has 1 saturated heterocycles. The number of rotatable bonds is 8. The van der Waals surface area contributed by atoms with E-state index in [-0.39, 0.29) is 6.04 Å². The number of hydrogen-bond donors (Lipinski definition) is 0. The standard InChI is InChI=1S/C20H28N4O3/c1-15(20-21-19(22-27-20)16-3-4-16)24-11-9-23(10-12-24)13-14-26-18-7-5-17(25-2)6-8-18/h5-8,15-16H,3-4,9-14H2,1-2H3. The van der Waals surface area contributed by atoms with Crippen molar-refractivity contribution < 1.29 is 14.0 Å². The molecule has 1 saturated carbocycles. The molecule has 1 aromatic heterocycles. The van der Waals surface area contributed by atoms with Crippen LogP contribution in [0.4, 0.5) is 0 Å². The second-order valence-corrected chi connectivity index (χ2v) is 7.34. The largest absolute Gasteiger partial charge is 0.497 e. The molecular weight excluding hydrogens is 344 g/mol. The van der Waals surface area contributed by atoms with Gasteiger partial charge < -0.3 is 14.0 Å². The van der Waals surface area contributed by atoms with Crippen LogP contribution in [0, 0.1) is 0 Å². The van der Waals surface area contributed by atoms with Crippen LogP contribution in [-0.2, 0) is 0 Å². The lowest BCUT2D eigenvalue weighted by atomic mass is 10.2. The summed E-state index contributed by atoms with van der Waals surface area (Å²) >= 11 is 0. The van der Waals surface area contributed by atoms with Gasteiger partial charge >= 0.3 is 0 Å². The van der Waals surface area contributed by atoms with Gasteiger partial charge in [0.1, 0.15) is 18.1 Å². The highest BCUT2D eigenvalue weighted by molar-refractivity contribution is 5.31. The highest BCUT2D eigenvalue weighted by atomic mass is 16.5. The van der Waals surface area contributed by atoms with Crippen molar-refractivity contribution in [3.63, 3.8) is 0 Å². The molecule has 0 spiro atoms. The second-order valence-electron chi connectivity index (χ2n) is 7.34. The van der Waals surface area contributed by atoms with Gasteiger partial charge in [-0.25, -0.2) is 0 Å². The van der Waals surface area contributed by atoms with Crippen LogP contribution in [0.5, 0.6) is 11.5 Å². The molecular formula is C20H28N4O3. The Kier molecular flexibility index (Phi) is 5.59. The summed E-state index contributed by atoms with van der Waals surface area (Å²) in [7, 11) is 1.67. The summed E-state index contributed by atoms with van der Waals surface area (Å²) in [4.78, 5) is 9.46. The molecule has 7 heteroatoms. The van der Waals surface area contributed by atoms with Gasteiger partial charge in [-0.3, -0.25) is 9.80 Å². The van der Waals surface area contributed by atoms with E-state index in [0.717, 1.165) is 55.9 Å². The molecule has 2 aromatic rings. The minimum atomic E-state index is 0.183. The van der Waals surface area contributed by atoms with Crippen LogP contribution in [0.2, 0.25) is 0 Å². The van der Waals surface area contributed by atoms with Gasteiger partial charge in [0.25, 0.3) is 0 Å². The Labute approximate surface area is 160 Å². The van der Waals surface area contributed by atoms with Crippen LogP contribution < -0.4 is 9.47 Å². The molecule has 1 atom stereocenters. The molecule has 2 fully saturated rings. The predicted octanol–water partition coefficient (Wildman–Crippen LogP) is 2.71. The summed E-state index contributed by atoms with van der Waals surface area (Å²) in [6, 6.07) is 7.91. The van der Waals surface area contributed by atoms with Gasteiger partial charge in [-0.2, -0.15) is 4.98 Å². The third kappa shape index (κ3) is 4.59. The molecule has 4 rings (SSSR count). The Morgan fingerprint density at radius 3 is 2.48 bits per heavy atom. The van der Waals surface area contributed by atoms with Gasteiger partial charge in [0.15, 0.2) is 5.82 Å². The number of aromatic nitrogens is 2. The van der Waals surface area contributed by atoms with Gasteiger partial charge in [0, 0.05) is 38.6 Å². The van der Waals surface area contributed by atoms with Crippen molar-refractivity contribution in [1.29, 1.82) is 0 Å². The molecule has 2 aliphatic rings. The Morgan fingerprint density at radius 1 is 1.11 bits per heavy atom. The molecule has 27 heavy (non-hydrogen) atoms. The van der Waals surface area contributed by atoms with Crippen molar-refractivity contribution in [2.24, 2.45) is 0 Å². The second kappa shape index (κ2) is 8.27. The molecule has 0 radical (unpaired) electrons. The van der Waals surface area contributed by atoms with E-state index in [4.69, 9.17) is 14.0 Å². The van der Waals surface area contributed by atoms with Crippen molar-refractivity contribution in [3.05, 3.63) is 36.0 Å². The Bertz CT molecular complexity index is 721. The summed E-state index contributed by atoms with van der Waals surface area (Å²) < 4.78 is 16.5. The molecule has 1 aliphatic heterocycles. The molecule has 0 bridgehead atoms. The first-order valence-electron chi connectivity index (χ1n) is 9.79. The normalized spacial score (nSPS) is 19.8. The highest BCUT2D eigenvalue weighted by Crippen LogP contribution is 2.38. The Balaban J connectivity index is 1.19. The van der Waals surface area contributed by atoms with Crippen LogP contribution in [0.25, 0.3) is 0 Å². The fraction of sp³-hybridized carbons (Fsp3) is 0.600. The van der Waals surface area contributed by atoms with Crippen LogP contribution in [0.1, 0.15) is 43.4 Å². The lowest BCUT2D eigenvalue weighted by Gasteiger charge is -2.36. The molecule has 146 valence electrons. The lowest BCUT2D eigenvalue weighted by Crippen LogP contribution is -2.48. The molecule has 2 heterocycles. The van der Waals surface area contributed by atoms with Crippen molar-refractivity contribution in [3.8, 4) is 11.5 Å². The maximum Gasteiger partial charge on any atom is 0.243 e. The van der Waals surface area contributed by atoms with E-state index in [2.05, 4.69) is 26.9 Å². The van der Waals surface area contributed by atoms with Gasteiger partial charge in [-0.15, -0.1) is 0 Å². The Hall–Kier alpha value is -2.12. The number of methoxy groups -OCH3 is 1. The highest BCUT2D eigenvalue weighted by Gasteiger charge is 2.31. The fourth-order valence-corrected chi connectivity index (χ4v) is 3.42. The topological polar surface area (TPSA) is 63.9 Å². The first-order chi connectivity index (χ1) is 13.2. The van der Waals surface area contributed by atoms with Gasteiger partial charge in [-0.05, 0) is 44.0 Å². The molecule has 0 amide bonds. The maximum atomic E-state index is 5.84. The zero-order valence-corrected chi connectivity index (χ0v) is 16.1. The first-order valence-corrected chi connectivity index (χ1v) is 9.79. The number of piperazine rings is 1. The summed E-state index contributed by atoms with van der Waals surface area (Å²) in [6.07, 6.45) is 2.40. The van der Waals surface area contributed by atoms with E-state index >= 15 is 0 Å². The molecule has 7 nitrogen and oxygen atoms in total. The van der Waals surface area contributed by atoms with Gasteiger partial charge in [-0.1, -0.05) is 5.16 Å². The minimum Gasteiger partial charge on any atom is -0.497 e. The zero-order chi connectivity index (χ0) is 18.6. The fourth-order valence-electron chi connectivity index (χ4n) is 3.42. The van der Waals surface area contributed by atoms with E-state index in [9.17, 15) is 0 Å². The van der Waals surface area contributed by atoms with Crippen molar-refractivity contribution in [1.82, 2.24) is 19.9 Å². The van der Waals surface area contributed by atoms with Gasteiger partial charge in [0.05, 0.1) is 13.2 Å². The summed E-state index contributed by atoms with van der Waals surface area (Å²) in [6.45, 7) is 7.85. The van der Waals surface area contributed by atoms with E-state index < -0.39 is 0 Å². The summed E-state index contributed by atoms with van der Waals surface area (Å²) in [5.74, 6) is 3.92. The summed E-state index contributed by atoms with van der Waals surface area (Å²) in [5, 5.41) is 4.14. The smallest absolute Gasteiger partial charge is 0.243 e. The molecule has 1 aromatic carbocycles. The monoisotopic (exact) mass is 372 g/mol. The number of hydrogen-bond acceptors (Lipinski definition) is 7. The average molecular weight is 372 g/mol. The van der Waals surface area contributed by atoms with Crippen LogP contribution in [0.3, 0.4) is 0 Å². The minimum absolute atomic E-state index is 0.183. The number of benzene rings is 1. The van der Waals surface area contributed by atoms with Gasteiger partial charge in [0.2, 0.25) is 5.89 Å². The summed E-state index contributed by atoms with van der Waals surface area (Å²) in [5.41, 5.74) is 0. The first kappa shape index (κ1) is 18.3. The predicted molar refractivity (Wildman–Crippen MR) is 101 cm³/mol. The van der Waals surface area contributed by atoms with Crippen LogP contribution in [0.15, 0.2) is 28.8 Å². The third-order valence-electron chi connectivity index (χ3n) is 5.45. The van der Waals surface area contributed by atoms with E-state index in [1.165, 1.54) is 12.8 Å².